The average molecular weight is 333 g/mol. The molecule has 1 aromatic rings. The van der Waals surface area contributed by atoms with Crippen LogP contribution >= 0.6 is 0 Å². The molecule has 6 heteroatoms. The first-order chi connectivity index (χ1) is 11.6. The Bertz CT molecular complexity index is 576. The fourth-order valence-corrected chi connectivity index (χ4v) is 3.48. The summed E-state index contributed by atoms with van der Waals surface area (Å²) in [4.78, 5) is 24.8. The Morgan fingerprint density at radius 3 is 2.46 bits per heavy atom. The van der Waals surface area contributed by atoms with Crippen LogP contribution in [0.4, 0.5) is 4.79 Å². The molecule has 1 aromatic carbocycles. The number of hydrogen-bond acceptors (Lipinski definition) is 5. The Morgan fingerprint density at radius 1 is 1.17 bits per heavy atom. The summed E-state index contributed by atoms with van der Waals surface area (Å²) < 4.78 is 16.3. The summed E-state index contributed by atoms with van der Waals surface area (Å²) in [6.07, 6.45) is 2.06. The van der Waals surface area contributed by atoms with Crippen LogP contribution in [0.3, 0.4) is 0 Å². The minimum Gasteiger partial charge on any atom is -0.464 e. The molecule has 0 aliphatic carbocycles. The summed E-state index contributed by atoms with van der Waals surface area (Å²) in [6, 6.07) is 9.42. The van der Waals surface area contributed by atoms with Gasteiger partial charge in [0.15, 0.2) is 0 Å². The number of carbonyl (C=O) groups is 2. The lowest BCUT2D eigenvalue weighted by Crippen LogP contribution is -2.60. The van der Waals surface area contributed by atoms with Crippen molar-refractivity contribution in [3.63, 3.8) is 0 Å². The maximum Gasteiger partial charge on any atom is 0.408 e. The molecule has 2 atom stereocenters. The third-order valence-corrected chi connectivity index (χ3v) is 4.57. The van der Waals surface area contributed by atoms with E-state index in [1.54, 1.807) is 6.92 Å². The summed E-state index contributed by atoms with van der Waals surface area (Å²) in [5.41, 5.74) is -0.154. The van der Waals surface area contributed by atoms with Crippen molar-refractivity contribution >= 4 is 12.1 Å². The minimum atomic E-state index is -1.05. The molecule has 2 heterocycles. The van der Waals surface area contributed by atoms with Gasteiger partial charge < -0.3 is 19.5 Å². The van der Waals surface area contributed by atoms with E-state index in [2.05, 4.69) is 5.32 Å². The van der Waals surface area contributed by atoms with Gasteiger partial charge in [0.25, 0.3) is 0 Å². The lowest BCUT2D eigenvalue weighted by molar-refractivity contribution is -0.158. The van der Waals surface area contributed by atoms with Crippen LogP contribution in [0.15, 0.2) is 30.3 Å². The smallest absolute Gasteiger partial charge is 0.408 e. The van der Waals surface area contributed by atoms with Gasteiger partial charge in [-0.2, -0.15) is 0 Å². The van der Waals surface area contributed by atoms with E-state index in [1.165, 1.54) is 0 Å². The summed E-state index contributed by atoms with van der Waals surface area (Å²) in [5.74, 6) is -0.401. The highest BCUT2D eigenvalue weighted by molar-refractivity contribution is 5.86. The highest BCUT2D eigenvalue weighted by Gasteiger charge is 2.51. The van der Waals surface area contributed by atoms with E-state index in [-0.39, 0.29) is 25.4 Å². The van der Waals surface area contributed by atoms with Crippen LogP contribution in [0.25, 0.3) is 0 Å². The lowest BCUT2D eigenvalue weighted by Gasteiger charge is -2.38. The van der Waals surface area contributed by atoms with Gasteiger partial charge in [-0.05, 0) is 25.3 Å². The van der Waals surface area contributed by atoms with Gasteiger partial charge in [-0.1, -0.05) is 30.3 Å². The number of alkyl carbamates (subject to hydrolysis) is 1. The molecule has 2 unspecified atom stereocenters. The van der Waals surface area contributed by atoms with Gasteiger partial charge in [0.2, 0.25) is 0 Å². The molecule has 1 N–H and O–H groups in total. The van der Waals surface area contributed by atoms with Crippen molar-refractivity contribution < 1.29 is 23.8 Å². The predicted octanol–water partition coefficient (Wildman–Crippen LogP) is 2.56. The van der Waals surface area contributed by atoms with Crippen LogP contribution < -0.4 is 5.32 Å². The van der Waals surface area contributed by atoms with Gasteiger partial charge in [-0.15, -0.1) is 0 Å². The highest BCUT2D eigenvalue weighted by Crippen LogP contribution is 2.39. The third kappa shape index (κ3) is 3.70. The lowest BCUT2D eigenvalue weighted by atomic mass is 9.86. The molecule has 2 aliphatic rings. The number of carbonyl (C=O) groups excluding carboxylic acids is 2. The van der Waals surface area contributed by atoms with Crippen LogP contribution in [0, 0.1) is 0 Å². The summed E-state index contributed by atoms with van der Waals surface area (Å²) in [5, 5.41) is 2.77. The van der Waals surface area contributed by atoms with Gasteiger partial charge >= 0.3 is 12.1 Å². The number of hydrogen-bond donors (Lipinski definition) is 1. The van der Waals surface area contributed by atoms with Crippen molar-refractivity contribution in [1.29, 1.82) is 0 Å². The van der Waals surface area contributed by atoms with Crippen molar-refractivity contribution in [2.45, 2.75) is 57.0 Å². The molecule has 24 heavy (non-hydrogen) atoms. The van der Waals surface area contributed by atoms with E-state index in [9.17, 15) is 9.59 Å². The maximum atomic E-state index is 12.5. The van der Waals surface area contributed by atoms with E-state index < -0.39 is 17.6 Å². The number of fused-ring (bicyclic) bond motifs is 2. The molecular weight excluding hydrogens is 310 g/mol. The van der Waals surface area contributed by atoms with E-state index >= 15 is 0 Å². The quantitative estimate of drug-likeness (QED) is 0.838. The molecule has 6 nitrogen and oxygen atoms in total. The van der Waals surface area contributed by atoms with Crippen LogP contribution in [-0.2, 0) is 25.6 Å². The number of nitrogens with one attached hydrogen (secondary N) is 1. The van der Waals surface area contributed by atoms with E-state index in [0.717, 1.165) is 18.4 Å². The molecule has 2 aliphatic heterocycles. The monoisotopic (exact) mass is 333 g/mol. The van der Waals surface area contributed by atoms with Crippen molar-refractivity contribution in [3.05, 3.63) is 35.9 Å². The van der Waals surface area contributed by atoms with Crippen LogP contribution in [0.5, 0.6) is 0 Å². The van der Waals surface area contributed by atoms with Crippen molar-refractivity contribution in [3.8, 4) is 0 Å². The Balaban J connectivity index is 1.65. The zero-order valence-electron chi connectivity index (χ0n) is 13.8. The summed E-state index contributed by atoms with van der Waals surface area (Å²) in [7, 11) is 0. The number of benzene rings is 1. The Kier molecular flexibility index (Phi) is 5.04. The molecule has 0 radical (unpaired) electrons. The second kappa shape index (κ2) is 7.21. The molecule has 2 saturated heterocycles. The molecule has 0 saturated carbocycles. The normalized spacial score (nSPS) is 28.2. The number of rotatable bonds is 5. The topological polar surface area (TPSA) is 73.9 Å². The number of esters is 1. The SMILES string of the molecule is CCOC(=O)C1(NC(=O)OCc2ccccc2)CC2CCC(C1)O2. The number of amides is 1. The molecule has 3 rings (SSSR count). The van der Waals surface area contributed by atoms with Crippen LogP contribution in [0.2, 0.25) is 0 Å². The first-order valence-electron chi connectivity index (χ1n) is 8.43. The third-order valence-electron chi connectivity index (χ3n) is 4.57. The number of ether oxygens (including phenoxy) is 3. The van der Waals surface area contributed by atoms with E-state index in [4.69, 9.17) is 14.2 Å². The van der Waals surface area contributed by atoms with E-state index in [1.807, 2.05) is 30.3 Å². The fraction of sp³-hybridized carbons (Fsp3) is 0.556. The molecule has 0 aromatic heterocycles. The largest absolute Gasteiger partial charge is 0.464 e. The zero-order valence-corrected chi connectivity index (χ0v) is 13.8. The Hall–Kier alpha value is -2.08. The summed E-state index contributed by atoms with van der Waals surface area (Å²) in [6.45, 7) is 2.19. The molecule has 2 bridgehead atoms. The Morgan fingerprint density at radius 2 is 1.83 bits per heavy atom. The minimum absolute atomic E-state index is 0.0115. The van der Waals surface area contributed by atoms with Crippen LogP contribution in [-0.4, -0.2) is 36.4 Å². The zero-order chi connectivity index (χ0) is 17.0. The van der Waals surface area contributed by atoms with Gasteiger partial charge in [-0.3, -0.25) is 0 Å². The van der Waals surface area contributed by atoms with Crippen molar-refractivity contribution in [2.24, 2.45) is 0 Å². The fourth-order valence-electron chi connectivity index (χ4n) is 3.48. The molecule has 130 valence electrons. The van der Waals surface area contributed by atoms with Crippen LogP contribution in [0.1, 0.15) is 38.2 Å². The maximum absolute atomic E-state index is 12.5. The second-order valence-electron chi connectivity index (χ2n) is 6.36. The second-order valence-corrected chi connectivity index (χ2v) is 6.36. The first-order valence-corrected chi connectivity index (χ1v) is 8.43. The average Bonchev–Trinajstić information content (AvgIpc) is 2.93. The van der Waals surface area contributed by atoms with Gasteiger partial charge in [0.05, 0.1) is 18.8 Å². The van der Waals surface area contributed by atoms with Gasteiger partial charge in [-0.25, -0.2) is 9.59 Å². The molecule has 2 fully saturated rings. The Labute approximate surface area is 141 Å². The molecular formula is C18H23NO5. The summed E-state index contributed by atoms with van der Waals surface area (Å²) >= 11 is 0. The standard InChI is InChI=1S/C18H23NO5/c1-2-22-16(20)18(10-14-8-9-15(11-18)24-14)19-17(21)23-12-13-6-4-3-5-7-13/h3-7,14-15H,2,8-12H2,1H3,(H,19,21). The van der Waals surface area contributed by atoms with Gasteiger partial charge in [0.1, 0.15) is 12.1 Å². The van der Waals surface area contributed by atoms with Crippen molar-refractivity contribution in [1.82, 2.24) is 5.32 Å². The predicted molar refractivity (Wildman–Crippen MR) is 86.3 cm³/mol. The molecule has 0 spiro atoms. The highest BCUT2D eigenvalue weighted by atomic mass is 16.6. The van der Waals surface area contributed by atoms with E-state index in [0.29, 0.717) is 12.8 Å². The first kappa shape index (κ1) is 16.8. The van der Waals surface area contributed by atoms with Crippen molar-refractivity contribution in [2.75, 3.05) is 6.61 Å². The molecule has 1 amide bonds. The van der Waals surface area contributed by atoms with Gasteiger partial charge in [0, 0.05) is 12.8 Å².